The second-order valence-electron chi connectivity index (χ2n) is 3.51. The average Bonchev–Trinajstić information content (AvgIpc) is 2.03. The van der Waals surface area contributed by atoms with Gasteiger partial charge in [0.2, 0.25) is 0 Å². The summed E-state index contributed by atoms with van der Waals surface area (Å²) in [5.41, 5.74) is -0.236. The van der Waals surface area contributed by atoms with Crippen LogP contribution in [0.1, 0.15) is 20.8 Å². The predicted molar refractivity (Wildman–Crippen MR) is 51.0 cm³/mol. The Morgan fingerprint density at radius 3 is 2.31 bits per heavy atom. The molecule has 0 saturated heterocycles. The Labute approximate surface area is 77.9 Å². The first kappa shape index (κ1) is 11.7. The molecule has 0 aliphatic heterocycles. The lowest BCUT2D eigenvalue weighted by Gasteiger charge is -2.10. The lowest BCUT2D eigenvalue weighted by atomic mass is 10.1. The molecule has 0 radical (unpaired) electrons. The fourth-order valence-corrected chi connectivity index (χ4v) is 0.520. The van der Waals surface area contributed by atoms with Gasteiger partial charge in [-0.1, -0.05) is 0 Å². The van der Waals surface area contributed by atoms with E-state index < -0.39 is 5.97 Å². The van der Waals surface area contributed by atoms with Gasteiger partial charge in [0.25, 0.3) is 0 Å². The van der Waals surface area contributed by atoms with Gasteiger partial charge in [-0.15, -0.1) is 0 Å². The van der Waals surface area contributed by atoms with Crippen molar-refractivity contribution in [3.05, 3.63) is 11.8 Å². The Morgan fingerprint density at radius 1 is 1.46 bits per heavy atom. The molecule has 0 amide bonds. The summed E-state index contributed by atoms with van der Waals surface area (Å²) in [5.74, 6) is -0.601. The van der Waals surface area contributed by atoms with Crippen LogP contribution in [-0.2, 0) is 9.53 Å². The van der Waals surface area contributed by atoms with Crippen molar-refractivity contribution in [1.82, 2.24) is 0 Å². The van der Waals surface area contributed by atoms with Gasteiger partial charge in [-0.05, 0) is 20.8 Å². The zero-order valence-corrected chi connectivity index (χ0v) is 8.37. The first-order valence-electron chi connectivity index (χ1n) is 3.88. The molecule has 1 N–H and O–H groups in total. The van der Waals surface area contributed by atoms with Crippen molar-refractivity contribution in [1.29, 1.82) is 0 Å². The average molecular weight is 185 g/mol. The number of aliphatic hydroxyl groups is 1. The van der Waals surface area contributed by atoms with E-state index in [9.17, 15) is 4.79 Å². The first-order valence-corrected chi connectivity index (χ1v) is 3.88. The maximum Gasteiger partial charge on any atom is 0.342 e. The van der Waals surface area contributed by atoms with Crippen molar-refractivity contribution in [2.24, 2.45) is 4.99 Å². The third kappa shape index (κ3) is 5.00. The summed E-state index contributed by atoms with van der Waals surface area (Å²) in [7, 11) is 1.25. The van der Waals surface area contributed by atoms with E-state index in [0.717, 1.165) is 0 Å². The van der Waals surface area contributed by atoms with Crippen LogP contribution in [-0.4, -0.2) is 29.9 Å². The van der Waals surface area contributed by atoms with Gasteiger partial charge >= 0.3 is 5.97 Å². The normalized spacial score (nSPS) is 13.4. The van der Waals surface area contributed by atoms with Crippen molar-refractivity contribution < 1.29 is 14.6 Å². The lowest BCUT2D eigenvalue weighted by Crippen LogP contribution is -2.12. The van der Waals surface area contributed by atoms with Gasteiger partial charge in [0, 0.05) is 6.21 Å². The molecule has 0 aliphatic carbocycles. The van der Waals surface area contributed by atoms with Gasteiger partial charge in [-0.25, -0.2) is 4.79 Å². The quantitative estimate of drug-likeness (QED) is 0.307. The van der Waals surface area contributed by atoms with Crippen LogP contribution in [0.4, 0.5) is 0 Å². The molecule has 0 aromatic heterocycles. The molecule has 74 valence electrons. The molecule has 0 aromatic rings. The fraction of sp³-hybridized carbons (Fsp3) is 0.556. The smallest absolute Gasteiger partial charge is 0.342 e. The maximum absolute atomic E-state index is 10.9. The SMILES string of the molecule is COC(=O)/C(C=NC(C)(C)C)=C\O. The minimum Gasteiger partial charge on any atom is -0.515 e. The number of ether oxygens (including phenoxy) is 1. The molecule has 4 heteroatoms. The monoisotopic (exact) mass is 185 g/mol. The number of carbonyl (C=O) groups is 1. The van der Waals surface area contributed by atoms with E-state index in [1.165, 1.54) is 13.3 Å². The number of hydrogen-bond acceptors (Lipinski definition) is 4. The third-order valence-corrected chi connectivity index (χ3v) is 1.15. The standard InChI is InChI=1S/C9H15NO3/c1-9(2,3)10-5-7(6-11)8(12)13-4/h5-6,11H,1-4H3/b7-6-,10-5?. The maximum atomic E-state index is 10.9. The summed E-state index contributed by atoms with van der Waals surface area (Å²) >= 11 is 0. The van der Waals surface area contributed by atoms with Crippen LogP contribution in [0.25, 0.3) is 0 Å². The van der Waals surface area contributed by atoms with E-state index in [4.69, 9.17) is 5.11 Å². The molecule has 0 aliphatic rings. The Bertz CT molecular complexity index is 236. The van der Waals surface area contributed by atoms with Crippen LogP contribution in [0.2, 0.25) is 0 Å². The number of esters is 1. The lowest BCUT2D eigenvalue weighted by molar-refractivity contribution is -0.135. The fourth-order valence-electron chi connectivity index (χ4n) is 0.520. The van der Waals surface area contributed by atoms with Gasteiger partial charge in [0.1, 0.15) is 5.57 Å². The van der Waals surface area contributed by atoms with E-state index in [0.29, 0.717) is 6.26 Å². The summed E-state index contributed by atoms with van der Waals surface area (Å²) in [6.07, 6.45) is 1.98. The zero-order valence-electron chi connectivity index (χ0n) is 8.37. The van der Waals surface area contributed by atoms with E-state index in [2.05, 4.69) is 9.73 Å². The van der Waals surface area contributed by atoms with Gasteiger partial charge in [0.15, 0.2) is 0 Å². The molecule has 0 bridgehead atoms. The second kappa shape index (κ2) is 4.64. The van der Waals surface area contributed by atoms with Crippen molar-refractivity contribution >= 4 is 12.2 Å². The van der Waals surface area contributed by atoms with E-state index in [-0.39, 0.29) is 11.1 Å². The van der Waals surface area contributed by atoms with Crippen molar-refractivity contribution in [3.8, 4) is 0 Å². The molecule has 0 unspecified atom stereocenters. The summed E-state index contributed by atoms with van der Waals surface area (Å²) in [6.45, 7) is 5.65. The van der Waals surface area contributed by atoms with Crippen LogP contribution in [0.3, 0.4) is 0 Å². The van der Waals surface area contributed by atoms with Crippen LogP contribution >= 0.6 is 0 Å². The van der Waals surface area contributed by atoms with Gasteiger partial charge < -0.3 is 9.84 Å². The summed E-state index contributed by atoms with van der Waals surface area (Å²) in [4.78, 5) is 15.0. The number of carbonyl (C=O) groups excluding carboxylic acids is 1. The highest BCUT2D eigenvalue weighted by molar-refractivity contribution is 6.09. The van der Waals surface area contributed by atoms with Gasteiger partial charge in [-0.3, -0.25) is 4.99 Å². The van der Waals surface area contributed by atoms with Crippen molar-refractivity contribution in [2.75, 3.05) is 7.11 Å². The first-order chi connectivity index (χ1) is 5.90. The molecule has 0 saturated carbocycles. The van der Waals surface area contributed by atoms with E-state index >= 15 is 0 Å². The van der Waals surface area contributed by atoms with E-state index in [1.807, 2.05) is 20.8 Å². The minimum atomic E-state index is -0.601. The second-order valence-corrected chi connectivity index (χ2v) is 3.51. The largest absolute Gasteiger partial charge is 0.515 e. The summed E-state index contributed by atoms with van der Waals surface area (Å²) in [5, 5.41) is 8.67. The number of hydrogen-bond donors (Lipinski definition) is 1. The molecular weight excluding hydrogens is 170 g/mol. The summed E-state index contributed by atoms with van der Waals surface area (Å²) < 4.78 is 4.41. The molecule has 13 heavy (non-hydrogen) atoms. The third-order valence-electron chi connectivity index (χ3n) is 1.15. The molecule has 0 fully saturated rings. The molecule has 0 rings (SSSR count). The Morgan fingerprint density at radius 2 is 2.00 bits per heavy atom. The van der Waals surface area contributed by atoms with Gasteiger partial charge in [0.05, 0.1) is 18.9 Å². The van der Waals surface area contributed by atoms with Crippen LogP contribution in [0, 0.1) is 0 Å². The molecular formula is C9H15NO3. The highest BCUT2D eigenvalue weighted by Crippen LogP contribution is 2.06. The number of nitrogens with zero attached hydrogens (tertiary/aromatic N) is 1. The predicted octanol–water partition coefficient (Wildman–Crippen LogP) is 1.47. The van der Waals surface area contributed by atoms with Crippen LogP contribution in [0.15, 0.2) is 16.8 Å². The van der Waals surface area contributed by atoms with Crippen molar-refractivity contribution in [3.63, 3.8) is 0 Å². The minimum absolute atomic E-state index is 0.0393. The van der Waals surface area contributed by atoms with Gasteiger partial charge in [-0.2, -0.15) is 0 Å². The topological polar surface area (TPSA) is 58.9 Å². The Hall–Kier alpha value is -1.32. The summed E-state index contributed by atoms with van der Waals surface area (Å²) in [6, 6.07) is 0. The van der Waals surface area contributed by atoms with Crippen LogP contribution in [0.5, 0.6) is 0 Å². The zero-order chi connectivity index (χ0) is 10.5. The highest BCUT2D eigenvalue weighted by atomic mass is 16.5. The Kier molecular flexibility index (Phi) is 4.17. The number of rotatable bonds is 2. The highest BCUT2D eigenvalue weighted by Gasteiger charge is 2.10. The number of aliphatic imine (C=N–C) groups is 1. The molecule has 0 aromatic carbocycles. The molecule has 4 nitrogen and oxygen atoms in total. The van der Waals surface area contributed by atoms with Crippen molar-refractivity contribution in [2.45, 2.75) is 26.3 Å². The van der Waals surface area contributed by atoms with E-state index in [1.54, 1.807) is 0 Å². The Balaban J connectivity index is 4.50. The molecule has 0 spiro atoms. The molecule has 0 atom stereocenters. The van der Waals surface area contributed by atoms with Crippen LogP contribution < -0.4 is 0 Å². The number of aliphatic hydroxyl groups excluding tert-OH is 1. The molecule has 0 heterocycles. The number of methoxy groups -OCH3 is 1.